The topological polar surface area (TPSA) is 97.3 Å². The quantitative estimate of drug-likeness (QED) is 0.560. The molecule has 0 aliphatic heterocycles. The minimum atomic E-state index is -0.427. The highest BCUT2D eigenvalue weighted by Crippen LogP contribution is 2.22. The molecule has 1 heterocycles. The van der Waals surface area contributed by atoms with E-state index >= 15 is 0 Å². The number of methoxy groups -OCH3 is 1. The number of ether oxygens (including phenoxy) is 1. The first-order valence-corrected chi connectivity index (χ1v) is 9.06. The lowest BCUT2D eigenvalue weighted by Gasteiger charge is -2.13. The van der Waals surface area contributed by atoms with Crippen LogP contribution in [0.2, 0.25) is 0 Å². The van der Waals surface area contributed by atoms with E-state index in [1.807, 2.05) is 50.2 Å². The zero-order valence-corrected chi connectivity index (χ0v) is 16.5. The van der Waals surface area contributed by atoms with Crippen LogP contribution in [0.5, 0.6) is 5.75 Å². The summed E-state index contributed by atoms with van der Waals surface area (Å²) in [5.74, 6) is -0.0552. The molecule has 8 nitrogen and oxygen atoms in total. The Kier molecular flexibility index (Phi) is 6.13. The molecule has 3 N–H and O–H groups in total. The van der Waals surface area contributed by atoms with Crippen LogP contribution < -0.4 is 20.9 Å². The molecule has 0 saturated heterocycles. The van der Waals surface area contributed by atoms with Crippen LogP contribution in [0, 0.1) is 13.8 Å². The SMILES string of the molecule is COc1ccc(Nc2ccccc2C(=O)NNC(=O)Cn2nc(C)cc2C)cc1. The number of benzene rings is 2. The Bertz CT molecular complexity index is 1010. The average molecular weight is 393 g/mol. The second-order valence-electron chi connectivity index (χ2n) is 6.49. The molecule has 0 aliphatic carbocycles. The van der Waals surface area contributed by atoms with Crippen LogP contribution in [-0.2, 0) is 11.3 Å². The van der Waals surface area contributed by atoms with E-state index in [2.05, 4.69) is 21.3 Å². The van der Waals surface area contributed by atoms with Crippen LogP contribution in [0.1, 0.15) is 21.7 Å². The number of nitrogens with one attached hydrogen (secondary N) is 3. The van der Waals surface area contributed by atoms with Gasteiger partial charge in [-0.25, -0.2) is 0 Å². The number of nitrogens with zero attached hydrogens (tertiary/aromatic N) is 2. The zero-order chi connectivity index (χ0) is 20.8. The predicted molar refractivity (Wildman–Crippen MR) is 110 cm³/mol. The molecular weight excluding hydrogens is 370 g/mol. The van der Waals surface area contributed by atoms with Crippen molar-refractivity contribution in [3.05, 3.63) is 71.5 Å². The van der Waals surface area contributed by atoms with E-state index in [1.165, 1.54) is 0 Å². The number of aryl methyl sites for hydroxylation is 2. The van der Waals surface area contributed by atoms with Gasteiger partial charge >= 0.3 is 0 Å². The normalized spacial score (nSPS) is 10.3. The van der Waals surface area contributed by atoms with Crippen molar-refractivity contribution in [1.29, 1.82) is 0 Å². The smallest absolute Gasteiger partial charge is 0.271 e. The van der Waals surface area contributed by atoms with Gasteiger partial charge in [-0.1, -0.05) is 12.1 Å². The molecule has 0 aliphatic rings. The summed E-state index contributed by atoms with van der Waals surface area (Å²) in [6.45, 7) is 3.74. The van der Waals surface area contributed by atoms with Crippen LogP contribution in [-0.4, -0.2) is 28.7 Å². The van der Waals surface area contributed by atoms with E-state index in [1.54, 1.807) is 30.0 Å². The summed E-state index contributed by atoms with van der Waals surface area (Å²) >= 11 is 0. The number of hydrogen-bond donors (Lipinski definition) is 3. The fraction of sp³-hybridized carbons (Fsp3) is 0.190. The Morgan fingerprint density at radius 2 is 1.76 bits per heavy atom. The molecule has 0 bridgehead atoms. The molecule has 1 aromatic heterocycles. The second kappa shape index (κ2) is 8.92. The van der Waals surface area contributed by atoms with Crippen LogP contribution in [0.15, 0.2) is 54.6 Å². The van der Waals surface area contributed by atoms with Gasteiger partial charge in [0.1, 0.15) is 12.3 Å². The molecule has 3 aromatic rings. The number of para-hydroxylation sites is 1. The Morgan fingerprint density at radius 3 is 2.41 bits per heavy atom. The van der Waals surface area contributed by atoms with Gasteiger partial charge in [0.05, 0.1) is 24.1 Å². The number of carbonyl (C=O) groups is 2. The van der Waals surface area contributed by atoms with Crippen molar-refractivity contribution in [1.82, 2.24) is 20.6 Å². The molecule has 0 spiro atoms. The molecule has 0 radical (unpaired) electrons. The van der Waals surface area contributed by atoms with Gasteiger partial charge < -0.3 is 10.1 Å². The van der Waals surface area contributed by atoms with Gasteiger partial charge in [-0.2, -0.15) is 5.10 Å². The largest absolute Gasteiger partial charge is 0.497 e. The van der Waals surface area contributed by atoms with Crippen molar-refractivity contribution in [2.24, 2.45) is 0 Å². The fourth-order valence-corrected chi connectivity index (χ4v) is 2.82. The molecule has 2 amide bonds. The van der Waals surface area contributed by atoms with Crippen LogP contribution in [0.3, 0.4) is 0 Å². The molecular formula is C21H23N5O3. The highest BCUT2D eigenvalue weighted by atomic mass is 16.5. The third-order valence-electron chi connectivity index (χ3n) is 4.25. The molecule has 2 aromatic carbocycles. The van der Waals surface area contributed by atoms with E-state index in [-0.39, 0.29) is 12.5 Å². The van der Waals surface area contributed by atoms with E-state index in [9.17, 15) is 9.59 Å². The van der Waals surface area contributed by atoms with Gasteiger partial charge in [0.15, 0.2) is 0 Å². The number of anilines is 2. The first-order valence-electron chi connectivity index (χ1n) is 9.06. The molecule has 0 atom stereocenters. The zero-order valence-electron chi connectivity index (χ0n) is 16.5. The van der Waals surface area contributed by atoms with Crippen LogP contribution >= 0.6 is 0 Å². The third-order valence-corrected chi connectivity index (χ3v) is 4.25. The molecule has 0 fully saturated rings. The summed E-state index contributed by atoms with van der Waals surface area (Å²) in [5.41, 5.74) is 8.40. The maximum absolute atomic E-state index is 12.6. The highest BCUT2D eigenvalue weighted by molar-refractivity contribution is 6.01. The van der Waals surface area contributed by atoms with E-state index < -0.39 is 5.91 Å². The number of hydrogen-bond acceptors (Lipinski definition) is 5. The van der Waals surface area contributed by atoms with Crippen molar-refractivity contribution in [3.8, 4) is 5.75 Å². The third kappa shape index (κ3) is 5.13. The standard InChI is InChI=1S/C21H23N5O3/c1-14-12-15(2)26(25-14)13-20(27)23-24-21(28)18-6-4-5-7-19(18)22-16-8-10-17(29-3)11-9-16/h4-12,22H,13H2,1-3H3,(H,23,27)(H,24,28). The van der Waals surface area contributed by atoms with E-state index in [0.29, 0.717) is 11.3 Å². The summed E-state index contributed by atoms with van der Waals surface area (Å²) in [5, 5.41) is 7.43. The summed E-state index contributed by atoms with van der Waals surface area (Å²) in [7, 11) is 1.60. The minimum absolute atomic E-state index is 0.0195. The van der Waals surface area contributed by atoms with Gasteiger partial charge in [-0.05, 0) is 56.3 Å². The number of carbonyl (C=O) groups excluding carboxylic acids is 2. The maximum Gasteiger partial charge on any atom is 0.271 e. The summed E-state index contributed by atoms with van der Waals surface area (Å²) in [4.78, 5) is 24.7. The Morgan fingerprint density at radius 1 is 1.03 bits per heavy atom. The first kappa shape index (κ1) is 19.9. The first-order chi connectivity index (χ1) is 14.0. The van der Waals surface area contributed by atoms with Crippen LogP contribution in [0.25, 0.3) is 0 Å². The van der Waals surface area contributed by atoms with Crippen molar-refractivity contribution in [2.75, 3.05) is 12.4 Å². The maximum atomic E-state index is 12.6. The minimum Gasteiger partial charge on any atom is -0.497 e. The number of amides is 2. The Hall–Kier alpha value is -3.81. The number of aromatic nitrogens is 2. The second-order valence-corrected chi connectivity index (χ2v) is 6.49. The summed E-state index contributed by atoms with van der Waals surface area (Å²) < 4.78 is 6.73. The number of rotatable bonds is 6. The molecule has 8 heteroatoms. The monoisotopic (exact) mass is 393 g/mol. The van der Waals surface area contributed by atoms with Crippen molar-refractivity contribution in [2.45, 2.75) is 20.4 Å². The Labute approximate surface area is 168 Å². The summed E-state index contributed by atoms with van der Waals surface area (Å²) in [6.07, 6.45) is 0. The van der Waals surface area contributed by atoms with E-state index in [0.717, 1.165) is 22.8 Å². The van der Waals surface area contributed by atoms with Crippen molar-refractivity contribution < 1.29 is 14.3 Å². The lowest BCUT2D eigenvalue weighted by molar-refractivity contribution is -0.122. The predicted octanol–water partition coefficient (Wildman–Crippen LogP) is 2.71. The number of hydrazine groups is 1. The molecule has 3 rings (SSSR count). The van der Waals surface area contributed by atoms with Crippen molar-refractivity contribution in [3.63, 3.8) is 0 Å². The van der Waals surface area contributed by atoms with Gasteiger partial charge in [0, 0.05) is 11.4 Å². The fourth-order valence-electron chi connectivity index (χ4n) is 2.82. The van der Waals surface area contributed by atoms with Crippen LogP contribution in [0.4, 0.5) is 11.4 Å². The van der Waals surface area contributed by atoms with Gasteiger partial charge in [-0.15, -0.1) is 0 Å². The molecule has 0 saturated carbocycles. The average Bonchev–Trinajstić information content (AvgIpc) is 3.03. The molecule has 29 heavy (non-hydrogen) atoms. The molecule has 0 unspecified atom stereocenters. The van der Waals surface area contributed by atoms with Crippen molar-refractivity contribution >= 4 is 23.2 Å². The lowest BCUT2D eigenvalue weighted by Crippen LogP contribution is -2.43. The molecule has 150 valence electrons. The highest BCUT2D eigenvalue weighted by Gasteiger charge is 2.13. The Balaban J connectivity index is 1.63. The summed E-state index contributed by atoms with van der Waals surface area (Å²) in [6, 6.07) is 16.3. The van der Waals surface area contributed by atoms with Gasteiger partial charge in [0.2, 0.25) is 0 Å². The van der Waals surface area contributed by atoms with E-state index in [4.69, 9.17) is 4.74 Å². The van der Waals surface area contributed by atoms with Gasteiger partial charge in [-0.3, -0.25) is 25.1 Å². The lowest BCUT2D eigenvalue weighted by atomic mass is 10.1. The van der Waals surface area contributed by atoms with Gasteiger partial charge in [0.25, 0.3) is 11.8 Å².